The fourth-order valence-corrected chi connectivity index (χ4v) is 1.95. The standard InChI is InChI=1S/C16H13Cl2NO/c17-14-9-8-13(11-15(14)18)16(20)19-10-4-7-12-5-2-1-3-6-12/h1-9,11H,10H2,(H,19,20)/b7-4+. The number of hydrogen-bond acceptors (Lipinski definition) is 1. The molecule has 2 rings (SSSR count). The second kappa shape index (κ2) is 7.13. The summed E-state index contributed by atoms with van der Waals surface area (Å²) in [6.45, 7) is 0.452. The second-order valence-corrected chi connectivity index (χ2v) is 4.97. The minimum Gasteiger partial charge on any atom is -0.349 e. The zero-order valence-corrected chi connectivity index (χ0v) is 12.2. The lowest BCUT2D eigenvalue weighted by molar-refractivity contribution is 0.0958. The van der Waals surface area contributed by atoms with Crippen molar-refractivity contribution >= 4 is 35.2 Å². The first-order chi connectivity index (χ1) is 9.66. The lowest BCUT2D eigenvalue weighted by Crippen LogP contribution is -2.23. The van der Waals surface area contributed by atoms with Gasteiger partial charge in [-0.05, 0) is 23.8 Å². The molecular weight excluding hydrogens is 293 g/mol. The van der Waals surface area contributed by atoms with Crippen LogP contribution in [0, 0.1) is 0 Å². The molecular formula is C16H13Cl2NO. The maximum Gasteiger partial charge on any atom is 0.251 e. The molecule has 2 nitrogen and oxygen atoms in total. The van der Waals surface area contributed by atoms with E-state index in [-0.39, 0.29) is 5.91 Å². The van der Waals surface area contributed by atoms with Gasteiger partial charge in [0.05, 0.1) is 10.0 Å². The number of benzene rings is 2. The molecule has 0 saturated carbocycles. The quantitative estimate of drug-likeness (QED) is 0.889. The molecule has 2 aromatic carbocycles. The van der Waals surface area contributed by atoms with E-state index in [4.69, 9.17) is 23.2 Å². The van der Waals surface area contributed by atoms with Crippen LogP contribution in [0.5, 0.6) is 0 Å². The van der Waals surface area contributed by atoms with Crippen molar-refractivity contribution in [2.45, 2.75) is 0 Å². The Morgan fingerprint density at radius 1 is 1.05 bits per heavy atom. The molecule has 0 bridgehead atoms. The van der Waals surface area contributed by atoms with Crippen molar-refractivity contribution < 1.29 is 4.79 Å². The molecule has 1 N–H and O–H groups in total. The van der Waals surface area contributed by atoms with Crippen molar-refractivity contribution in [3.63, 3.8) is 0 Å². The van der Waals surface area contributed by atoms with Gasteiger partial charge in [-0.2, -0.15) is 0 Å². The summed E-state index contributed by atoms with van der Waals surface area (Å²) in [7, 11) is 0. The van der Waals surface area contributed by atoms with Crippen LogP contribution in [0.4, 0.5) is 0 Å². The van der Waals surface area contributed by atoms with E-state index in [1.165, 1.54) is 0 Å². The Bertz CT molecular complexity index is 624. The normalized spacial score (nSPS) is 10.7. The van der Waals surface area contributed by atoms with Gasteiger partial charge in [0.15, 0.2) is 0 Å². The lowest BCUT2D eigenvalue weighted by Gasteiger charge is -2.03. The van der Waals surface area contributed by atoms with Crippen LogP contribution in [-0.4, -0.2) is 12.5 Å². The minimum atomic E-state index is -0.179. The molecule has 1 amide bonds. The molecule has 0 spiro atoms. The molecule has 0 unspecified atom stereocenters. The first-order valence-electron chi connectivity index (χ1n) is 6.11. The smallest absolute Gasteiger partial charge is 0.251 e. The first kappa shape index (κ1) is 14.6. The molecule has 102 valence electrons. The van der Waals surface area contributed by atoms with Crippen LogP contribution in [0.1, 0.15) is 15.9 Å². The summed E-state index contributed by atoms with van der Waals surface area (Å²) in [6.07, 6.45) is 3.85. The van der Waals surface area contributed by atoms with Crippen molar-refractivity contribution in [3.8, 4) is 0 Å². The van der Waals surface area contributed by atoms with E-state index in [9.17, 15) is 4.79 Å². The van der Waals surface area contributed by atoms with Gasteiger partial charge in [0.1, 0.15) is 0 Å². The summed E-state index contributed by atoms with van der Waals surface area (Å²) in [5.41, 5.74) is 1.59. The monoisotopic (exact) mass is 305 g/mol. The van der Waals surface area contributed by atoms with Crippen molar-refractivity contribution in [1.82, 2.24) is 5.32 Å². The number of amides is 1. The van der Waals surface area contributed by atoms with E-state index < -0.39 is 0 Å². The van der Waals surface area contributed by atoms with Gasteiger partial charge < -0.3 is 5.32 Å². The highest BCUT2D eigenvalue weighted by Gasteiger charge is 2.06. The number of carbonyl (C=O) groups is 1. The van der Waals surface area contributed by atoms with E-state index in [2.05, 4.69) is 5.32 Å². The number of nitrogens with one attached hydrogen (secondary N) is 1. The zero-order valence-electron chi connectivity index (χ0n) is 10.6. The molecule has 0 saturated heterocycles. The Morgan fingerprint density at radius 2 is 1.80 bits per heavy atom. The number of hydrogen-bond donors (Lipinski definition) is 1. The molecule has 0 radical (unpaired) electrons. The first-order valence-corrected chi connectivity index (χ1v) is 6.87. The fourth-order valence-electron chi connectivity index (χ4n) is 1.65. The molecule has 0 fully saturated rings. The highest BCUT2D eigenvalue weighted by atomic mass is 35.5. The molecule has 0 atom stereocenters. The van der Waals surface area contributed by atoms with E-state index in [1.807, 2.05) is 42.5 Å². The third kappa shape index (κ3) is 4.12. The number of carbonyl (C=O) groups excluding carboxylic acids is 1. The van der Waals surface area contributed by atoms with Crippen LogP contribution in [-0.2, 0) is 0 Å². The van der Waals surface area contributed by atoms with Crippen LogP contribution in [0.25, 0.3) is 6.08 Å². The van der Waals surface area contributed by atoms with Gasteiger partial charge in [-0.15, -0.1) is 0 Å². The minimum absolute atomic E-state index is 0.179. The summed E-state index contributed by atoms with van der Waals surface area (Å²) < 4.78 is 0. The Labute approximate surface area is 128 Å². The SMILES string of the molecule is O=C(NC/C=C/c1ccccc1)c1ccc(Cl)c(Cl)c1. The van der Waals surface area contributed by atoms with Gasteiger partial charge in [0.2, 0.25) is 0 Å². The van der Waals surface area contributed by atoms with Crippen molar-refractivity contribution in [2.24, 2.45) is 0 Å². The molecule has 0 heterocycles. The molecule has 4 heteroatoms. The summed E-state index contributed by atoms with van der Waals surface area (Å²) in [6, 6.07) is 14.7. The van der Waals surface area contributed by atoms with Crippen molar-refractivity contribution in [2.75, 3.05) is 6.54 Å². The highest BCUT2D eigenvalue weighted by Crippen LogP contribution is 2.22. The molecule has 0 aliphatic carbocycles. The van der Waals surface area contributed by atoms with E-state index in [1.54, 1.807) is 18.2 Å². The Balaban J connectivity index is 1.89. The van der Waals surface area contributed by atoms with Gasteiger partial charge in [-0.25, -0.2) is 0 Å². The third-order valence-electron chi connectivity index (χ3n) is 2.67. The average molecular weight is 306 g/mol. The van der Waals surface area contributed by atoms with E-state index in [0.29, 0.717) is 22.2 Å². The molecule has 20 heavy (non-hydrogen) atoms. The third-order valence-corrected chi connectivity index (χ3v) is 3.41. The largest absolute Gasteiger partial charge is 0.349 e. The van der Waals surface area contributed by atoms with Gasteiger partial charge in [-0.1, -0.05) is 65.7 Å². The highest BCUT2D eigenvalue weighted by molar-refractivity contribution is 6.42. The number of rotatable bonds is 4. The van der Waals surface area contributed by atoms with Crippen molar-refractivity contribution in [3.05, 3.63) is 75.8 Å². The molecule has 0 aliphatic rings. The molecule has 2 aromatic rings. The van der Waals surface area contributed by atoms with Gasteiger partial charge in [0.25, 0.3) is 5.91 Å². The fraction of sp³-hybridized carbons (Fsp3) is 0.0625. The maximum atomic E-state index is 11.9. The predicted octanol–water partition coefficient (Wildman–Crippen LogP) is 4.44. The van der Waals surface area contributed by atoms with Crippen LogP contribution in [0.3, 0.4) is 0 Å². The van der Waals surface area contributed by atoms with E-state index in [0.717, 1.165) is 5.56 Å². The summed E-state index contributed by atoms with van der Waals surface area (Å²) in [5.74, 6) is -0.179. The van der Waals surface area contributed by atoms with Crippen LogP contribution >= 0.6 is 23.2 Å². The van der Waals surface area contributed by atoms with Crippen LogP contribution in [0.2, 0.25) is 10.0 Å². The summed E-state index contributed by atoms with van der Waals surface area (Å²) in [5, 5.41) is 3.60. The summed E-state index contributed by atoms with van der Waals surface area (Å²) >= 11 is 11.7. The zero-order chi connectivity index (χ0) is 14.4. The number of halogens is 2. The van der Waals surface area contributed by atoms with Crippen molar-refractivity contribution in [1.29, 1.82) is 0 Å². The lowest BCUT2D eigenvalue weighted by atomic mass is 10.2. The molecule has 0 aliphatic heterocycles. The topological polar surface area (TPSA) is 29.1 Å². The Kier molecular flexibility index (Phi) is 5.22. The average Bonchev–Trinajstić information content (AvgIpc) is 2.47. The van der Waals surface area contributed by atoms with Crippen LogP contribution < -0.4 is 5.32 Å². The van der Waals surface area contributed by atoms with Gasteiger partial charge >= 0.3 is 0 Å². The van der Waals surface area contributed by atoms with E-state index >= 15 is 0 Å². The maximum absolute atomic E-state index is 11.9. The van der Waals surface area contributed by atoms with Gasteiger partial charge in [0, 0.05) is 12.1 Å². The van der Waals surface area contributed by atoms with Gasteiger partial charge in [-0.3, -0.25) is 4.79 Å². The predicted molar refractivity (Wildman–Crippen MR) is 84.3 cm³/mol. The van der Waals surface area contributed by atoms with Crippen LogP contribution in [0.15, 0.2) is 54.6 Å². The second-order valence-electron chi connectivity index (χ2n) is 4.15. The summed E-state index contributed by atoms with van der Waals surface area (Å²) in [4.78, 5) is 11.9. The Hall–Kier alpha value is -1.77. The molecule has 0 aromatic heterocycles. The Morgan fingerprint density at radius 3 is 2.50 bits per heavy atom.